The summed E-state index contributed by atoms with van der Waals surface area (Å²) in [5.74, 6) is 0. The average Bonchev–Trinajstić information content (AvgIpc) is 2.54. The van der Waals surface area contributed by atoms with Crippen LogP contribution in [0.5, 0.6) is 0 Å². The molecule has 9 nitrogen and oxygen atoms in total. The first-order chi connectivity index (χ1) is 11.7. The normalized spacial score (nSPS) is 20.8. The first-order valence-corrected chi connectivity index (χ1v) is 9.39. The van der Waals surface area contributed by atoms with Gasteiger partial charge in [-0.2, -0.15) is 8.42 Å². The lowest BCUT2D eigenvalue weighted by Crippen LogP contribution is -2.56. The molecule has 1 saturated heterocycles. The van der Waals surface area contributed by atoms with Gasteiger partial charge in [-0.1, -0.05) is 30.3 Å². The summed E-state index contributed by atoms with van der Waals surface area (Å²) in [5.41, 5.74) is 0.808. The van der Waals surface area contributed by atoms with Gasteiger partial charge >= 0.3 is 12.2 Å². The molecule has 0 radical (unpaired) electrons. The van der Waals surface area contributed by atoms with Crippen LogP contribution in [0.25, 0.3) is 0 Å². The third-order valence-electron chi connectivity index (χ3n) is 3.64. The minimum atomic E-state index is -3.81. The smallest absolute Gasteiger partial charge is 0.407 e. The molecule has 10 heteroatoms. The molecule has 1 aliphatic heterocycles. The van der Waals surface area contributed by atoms with Gasteiger partial charge in [0.05, 0.1) is 18.8 Å². The Kier molecular flexibility index (Phi) is 6.21. The van der Waals surface area contributed by atoms with Crippen LogP contribution in [-0.2, 0) is 25.6 Å². The third-order valence-corrected chi connectivity index (χ3v) is 4.24. The molecule has 2 atom stereocenters. The van der Waals surface area contributed by atoms with Crippen LogP contribution in [0.2, 0.25) is 0 Å². The van der Waals surface area contributed by atoms with Crippen molar-refractivity contribution in [2.24, 2.45) is 0 Å². The van der Waals surface area contributed by atoms with E-state index in [0.29, 0.717) is 0 Å². The Morgan fingerprint density at radius 1 is 1.32 bits per heavy atom. The fourth-order valence-corrected chi connectivity index (χ4v) is 3.14. The van der Waals surface area contributed by atoms with E-state index in [1.807, 2.05) is 18.2 Å². The van der Waals surface area contributed by atoms with Crippen molar-refractivity contribution in [1.82, 2.24) is 10.2 Å². The van der Waals surface area contributed by atoms with Crippen molar-refractivity contribution in [2.75, 3.05) is 19.3 Å². The summed E-state index contributed by atoms with van der Waals surface area (Å²) in [6.45, 7) is 0.0624. The summed E-state index contributed by atoms with van der Waals surface area (Å²) in [5, 5.41) is 11.6. The van der Waals surface area contributed by atoms with Gasteiger partial charge in [0, 0.05) is 6.54 Å². The number of rotatable bonds is 5. The van der Waals surface area contributed by atoms with Crippen LogP contribution in [0.15, 0.2) is 30.3 Å². The van der Waals surface area contributed by atoms with E-state index in [-0.39, 0.29) is 26.1 Å². The van der Waals surface area contributed by atoms with Gasteiger partial charge in [-0.25, -0.2) is 9.59 Å². The zero-order valence-electron chi connectivity index (χ0n) is 13.6. The van der Waals surface area contributed by atoms with E-state index in [9.17, 15) is 18.0 Å². The van der Waals surface area contributed by atoms with Crippen molar-refractivity contribution in [3.05, 3.63) is 35.9 Å². The Morgan fingerprint density at radius 3 is 2.60 bits per heavy atom. The van der Waals surface area contributed by atoms with Gasteiger partial charge in [-0.05, 0) is 12.0 Å². The van der Waals surface area contributed by atoms with E-state index in [0.717, 1.165) is 16.7 Å². The molecule has 1 fully saturated rings. The van der Waals surface area contributed by atoms with E-state index in [4.69, 9.17) is 14.0 Å². The van der Waals surface area contributed by atoms with Gasteiger partial charge in [0.25, 0.3) is 10.1 Å². The average molecular weight is 372 g/mol. The third kappa shape index (κ3) is 6.24. The molecule has 25 heavy (non-hydrogen) atoms. The second kappa shape index (κ2) is 8.17. The van der Waals surface area contributed by atoms with Crippen LogP contribution in [0.3, 0.4) is 0 Å². The fraction of sp³-hybridized carbons (Fsp3) is 0.467. The highest BCUT2D eigenvalue weighted by Crippen LogP contribution is 2.16. The number of benzene rings is 1. The van der Waals surface area contributed by atoms with Crippen LogP contribution in [-0.4, -0.2) is 62.1 Å². The molecule has 0 bridgehead atoms. The molecule has 2 amide bonds. The van der Waals surface area contributed by atoms with Crippen molar-refractivity contribution in [2.45, 2.75) is 25.2 Å². The van der Waals surface area contributed by atoms with E-state index in [1.165, 1.54) is 0 Å². The first kappa shape index (κ1) is 19.0. The lowest BCUT2D eigenvalue weighted by molar-refractivity contribution is 0.0553. The predicted octanol–water partition coefficient (Wildman–Crippen LogP) is 1.01. The molecule has 2 unspecified atom stereocenters. The summed E-state index contributed by atoms with van der Waals surface area (Å²) in [6.07, 6.45) is -1.82. The number of hydrogen-bond donors (Lipinski definition) is 2. The molecule has 0 saturated carbocycles. The molecule has 1 aliphatic rings. The number of hydrogen-bond acceptors (Lipinski definition) is 6. The second-order valence-corrected chi connectivity index (χ2v) is 7.27. The van der Waals surface area contributed by atoms with Crippen LogP contribution in [0.1, 0.15) is 12.0 Å². The summed E-state index contributed by atoms with van der Waals surface area (Å²) in [7, 11) is -3.81. The summed E-state index contributed by atoms with van der Waals surface area (Å²) >= 11 is 0. The maximum absolute atomic E-state index is 11.9. The van der Waals surface area contributed by atoms with E-state index in [1.54, 1.807) is 12.1 Å². The number of alkyl carbamates (subject to hydrolysis) is 1. The van der Waals surface area contributed by atoms with Gasteiger partial charge in [0.15, 0.2) is 0 Å². The topological polar surface area (TPSA) is 122 Å². The molecular formula is C15H20N2O7S. The Balaban J connectivity index is 1.95. The van der Waals surface area contributed by atoms with Crippen molar-refractivity contribution in [3.63, 3.8) is 0 Å². The quantitative estimate of drug-likeness (QED) is 0.740. The summed E-state index contributed by atoms with van der Waals surface area (Å²) in [4.78, 5) is 24.1. The van der Waals surface area contributed by atoms with Crippen molar-refractivity contribution in [3.8, 4) is 0 Å². The highest BCUT2D eigenvalue weighted by atomic mass is 32.2. The Morgan fingerprint density at radius 2 is 2.00 bits per heavy atom. The molecule has 1 heterocycles. The minimum absolute atomic E-state index is 0.0677. The molecule has 0 aliphatic carbocycles. The van der Waals surface area contributed by atoms with Crippen molar-refractivity contribution in [1.29, 1.82) is 0 Å². The zero-order chi connectivity index (χ0) is 18.4. The number of nitrogens with zero attached hydrogens (tertiary/aromatic N) is 1. The number of piperidine rings is 1. The standard InChI is InChI=1S/C15H20N2O7S/c1-25(21,22)24-13-9-17(15(19)20)8-7-12(13)16-14(18)23-10-11-5-3-2-4-6-11/h2-6,12-13H,7-10H2,1H3,(H,16,18)(H,19,20). The van der Waals surface area contributed by atoms with Gasteiger partial charge in [-0.3, -0.25) is 4.18 Å². The molecule has 1 aromatic rings. The molecule has 1 aromatic carbocycles. The van der Waals surface area contributed by atoms with Crippen LogP contribution < -0.4 is 5.32 Å². The largest absolute Gasteiger partial charge is 0.465 e. The van der Waals surface area contributed by atoms with Crippen molar-refractivity contribution >= 4 is 22.3 Å². The summed E-state index contributed by atoms with van der Waals surface area (Å²) < 4.78 is 32.8. The number of carboxylic acid groups (broad SMARTS) is 1. The monoisotopic (exact) mass is 372 g/mol. The van der Waals surface area contributed by atoms with Crippen LogP contribution >= 0.6 is 0 Å². The summed E-state index contributed by atoms with van der Waals surface area (Å²) in [6, 6.07) is 8.39. The second-order valence-electron chi connectivity index (χ2n) is 5.67. The SMILES string of the molecule is CS(=O)(=O)OC1CN(C(=O)O)CCC1NC(=O)OCc1ccccc1. The van der Waals surface area contributed by atoms with Gasteiger partial charge in [0.1, 0.15) is 12.7 Å². The Bertz CT molecular complexity index is 708. The maximum atomic E-state index is 11.9. The number of likely N-dealkylation sites (tertiary alicyclic amines) is 1. The number of amides is 2. The predicted molar refractivity (Wildman–Crippen MR) is 87.5 cm³/mol. The Hall–Kier alpha value is -2.33. The van der Waals surface area contributed by atoms with Gasteiger partial charge in [-0.15, -0.1) is 0 Å². The number of carbonyl (C=O) groups excluding carboxylic acids is 1. The molecule has 0 spiro atoms. The van der Waals surface area contributed by atoms with E-state index in [2.05, 4.69) is 5.32 Å². The van der Waals surface area contributed by atoms with E-state index < -0.39 is 34.5 Å². The van der Waals surface area contributed by atoms with Crippen LogP contribution in [0, 0.1) is 0 Å². The number of ether oxygens (including phenoxy) is 1. The molecule has 2 rings (SSSR count). The number of carbonyl (C=O) groups is 2. The fourth-order valence-electron chi connectivity index (χ4n) is 2.49. The number of nitrogens with one attached hydrogen (secondary N) is 1. The van der Waals surface area contributed by atoms with Gasteiger partial charge < -0.3 is 20.1 Å². The highest BCUT2D eigenvalue weighted by molar-refractivity contribution is 7.86. The highest BCUT2D eigenvalue weighted by Gasteiger charge is 2.35. The molecule has 138 valence electrons. The lowest BCUT2D eigenvalue weighted by atomic mass is 10.0. The maximum Gasteiger partial charge on any atom is 0.407 e. The molecule has 2 N–H and O–H groups in total. The van der Waals surface area contributed by atoms with Gasteiger partial charge in [0.2, 0.25) is 0 Å². The molecular weight excluding hydrogens is 352 g/mol. The van der Waals surface area contributed by atoms with E-state index >= 15 is 0 Å². The van der Waals surface area contributed by atoms with Crippen LogP contribution in [0.4, 0.5) is 9.59 Å². The Labute approximate surface area is 145 Å². The minimum Gasteiger partial charge on any atom is -0.465 e. The first-order valence-electron chi connectivity index (χ1n) is 7.58. The lowest BCUT2D eigenvalue weighted by Gasteiger charge is -2.36. The van der Waals surface area contributed by atoms with Crippen molar-refractivity contribution < 1.29 is 32.0 Å². The zero-order valence-corrected chi connectivity index (χ0v) is 14.4. The molecule has 0 aromatic heterocycles.